The number of aryl methyl sites for hydroxylation is 1. The summed E-state index contributed by atoms with van der Waals surface area (Å²) in [5, 5.41) is 3.43. The second-order valence-electron chi connectivity index (χ2n) is 4.10. The van der Waals surface area contributed by atoms with Crippen LogP contribution in [-0.2, 0) is 0 Å². The lowest BCUT2D eigenvalue weighted by Gasteiger charge is -2.33. The average molecular weight is 270 g/mol. The van der Waals surface area contributed by atoms with Crippen molar-refractivity contribution in [3.8, 4) is 0 Å². The molecule has 2 heterocycles. The molecule has 4 heteroatoms. The molecule has 1 fully saturated rings. The summed E-state index contributed by atoms with van der Waals surface area (Å²) in [7, 11) is 0. The molecule has 1 aliphatic heterocycles. The lowest BCUT2D eigenvalue weighted by molar-refractivity contribution is 0.482. The van der Waals surface area contributed by atoms with Gasteiger partial charge in [0.2, 0.25) is 0 Å². The van der Waals surface area contributed by atoms with E-state index in [0.29, 0.717) is 6.04 Å². The van der Waals surface area contributed by atoms with Crippen LogP contribution < -0.4 is 10.2 Å². The quantitative estimate of drug-likeness (QED) is 0.845. The van der Waals surface area contributed by atoms with Crippen LogP contribution in [0.3, 0.4) is 0 Å². The summed E-state index contributed by atoms with van der Waals surface area (Å²) < 4.78 is 1.05. The maximum atomic E-state index is 4.49. The molecule has 0 unspecified atom stereocenters. The molecule has 1 aromatic rings. The van der Waals surface area contributed by atoms with Crippen LogP contribution in [0.4, 0.5) is 5.82 Å². The molecule has 0 amide bonds. The predicted molar refractivity (Wildman–Crippen MR) is 66.4 cm³/mol. The largest absolute Gasteiger partial charge is 0.354 e. The normalized spacial score (nSPS) is 21.8. The molecule has 0 radical (unpaired) electrons. The van der Waals surface area contributed by atoms with Gasteiger partial charge in [-0.15, -0.1) is 0 Å². The van der Waals surface area contributed by atoms with Crippen molar-refractivity contribution in [2.75, 3.05) is 24.5 Å². The molecule has 1 atom stereocenters. The first-order valence-electron chi connectivity index (χ1n) is 5.27. The highest BCUT2D eigenvalue weighted by Crippen LogP contribution is 2.21. The number of nitrogens with zero attached hydrogens (tertiary/aromatic N) is 2. The Morgan fingerprint density at radius 1 is 1.60 bits per heavy atom. The third kappa shape index (κ3) is 2.49. The van der Waals surface area contributed by atoms with Gasteiger partial charge in [0.1, 0.15) is 5.82 Å². The summed E-state index contributed by atoms with van der Waals surface area (Å²) >= 11 is 3.44. The molecule has 1 aromatic heterocycles. The number of piperazine rings is 1. The third-order valence-corrected chi connectivity index (χ3v) is 3.12. The molecule has 2 rings (SSSR count). The molecule has 0 aromatic carbocycles. The van der Waals surface area contributed by atoms with Gasteiger partial charge in [-0.25, -0.2) is 4.98 Å². The number of rotatable bonds is 1. The van der Waals surface area contributed by atoms with Gasteiger partial charge >= 0.3 is 0 Å². The van der Waals surface area contributed by atoms with Crippen molar-refractivity contribution >= 4 is 21.7 Å². The van der Waals surface area contributed by atoms with Crippen molar-refractivity contribution in [1.82, 2.24) is 10.3 Å². The van der Waals surface area contributed by atoms with E-state index in [1.165, 1.54) is 5.56 Å². The molecular formula is C11H16BrN3. The van der Waals surface area contributed by atoms with Crippen molar-refractivity contribution < 1.29 is 0 Å². The number of pyridine rings is 1. The maximum absolute atomic E-state index is 4.49. The minimum atomic E-state index is 0.545. The molecular weight excluding hydrogens is 254 g/mol. The third-order valence-electron chi connectivity index (χ3n) is 2.69. The van der Waals surface area contributed by atoms with E-state index in [-0.39, 0.29) is 0 Å². The summed E-state index contributed by atoms with van der Waals surface area (Å²) in [6.45, 7) is 7.44. The molecule has 1 saturated heterocycles. The summed E-state index contributed by atoms with van der Waals surface area (Å²) in [5.41, 5.74) is 1.23. The second-order valence-corrected chi connectivity index (χ2v) is 5.01. The fraction of sp³-hybridized carbons (Fsp3) is 0.545. The molecule has 0 bridgehead atoms. The van der Waals surface area contributed by atoms with Crippen molar-refractivity contribution in [2.45, 2.75) is 19.9 Å². The zero-order valence-corrected chi connectivity index (χ0v) is 10.7. The van der Waals surface area contributed by atoms with Crippen molar-refractivity contribution in [3.05, 3.63) is 22.3 Å². The Bertz CT molecular complexity index is 354. The summed E-state index contributed by atoms with van der Waals surface area (Å²) in [6.07, 6.45) is 1.87. The highest BCUT2D eigenvalue weighted by atomic mass is 79.9. The number of halogens is 1. The molecule has 82 valence electrons. The van der Waals surface area contributed by atoms with Gasteiger partial charge in [0, 0.05) is 36.3 Å². The van der Waals surface area contributed by atoms with E-state index in [1.807, 2.05) is 6.20 Å². The number of nitrogens with one attached hydrogen (secondary N) is 1. The Hall–Kier alpha value is -0.610. The van der Waals surface area contributed by atoms with Gasteiger partial charge in [0.15, 0.2) is 0 Å². The van der Waals surface area contributed by atoms with E-state index in [4.69, 9.17) is 0 Å². The summed E-state index contributed by atoms with van der Waals surface area (Å²) in [5.74, 6) is 1.12. The van der Waals surface area contributed by atoms with Crippen LogP contribution in [0.25, 0.3) is 0 Å². The zero-order chi connectivity index (χ0) is 10.8. The second kappa shape index (κ2) is 4.49. The summed E-state index contributed by atoms with van der Waals surface area (Å²) in [6, 6.07) is 2.67. The zero-order valence-electron chi connectivity index (χ0n) is 9.13. The highest BCUT2D eigenvalue weighted by molar-refractivity contribution is 9.10. The maximum Gasteiger partial charge on any atom is 0.131 e. The molecule has 0 spiro atoms. The van der Waals surface area contributed by atoms with Gasteiger partial charge in [0.25, 0.3) is 0 Å². The smallest absolute Gasteiger partial charge is 0.131 e. The van der Waals surface area contributed by atoms with Crippen LogP contribution >= 0.6 is 15.9 Å². The van der Waals surface area contributed by atoms with E-state index >= 15 is 0 Å². The Morgan fingerprint density at radius 2 is 2.40 bits per heavy atom. The van der Waals surface area contributed by atoms with E-state index in [0.717, 1.165) is 29.9 Å². The van der Waals surface area contributed by atoms with E-state index in [9.17, 15) is 0 Å². The molecule has 1 aliphatic rings. The van der Waals surface area contributed by atoms with Crippen LogP contribution in [-0.4, -0.2) is 30.7 Å². The van der Waals surface area contributed by atoms with Crippen LogP contribution in [0, 0.1) is 6.92 Å². The minimum Gasteiger partial charge on any atom is -0.354 e. The van der Waals surface area contributed by atoms with Gasteiger partial charge in [-0.05, 0) is 41.4 Å². The lowest BCUT2D eigenvalue weighted by Crippen LogP contribution is -2.49. The molecule has 1 N–H and O–H groups in total. The Balaban J connectivity index is 2.21. The molecule has 0 saturated carbocycles. The van der Waals surface area contributed by atoms with Crippen molar-refractivity contribution in [2.24, 2.45) is 0 Å². The van der Waals surface area contributed by atoms with Crippen molar-refractivity contribution in [3.63, 3.8) is 0 Å². The Morgan fingerprint density at radius 3 is 3.07 bits per heavy atom. The van der Waals surface area contributed by atoms with Crippen LogP contribution in [0.2, 0.25) is 0 Å². The van der Waals surface area contributed by atoms with Gasteiger partial charge < -0.3 is 10.2 Å². The van der Waals surface area contributed by atoms with E-state index in [1.54, 1.807) is 0 Å². The lowest BCUT2D eigenvalue weighted by atomic mass is 10.2. The number of hydrogen-bond donors (Lipinski definition) is 1. The fourth-order valence-electron chi connectivity index (χ4n) is 1.99. The molecule has 0 aliphatic carbocycles. The number of anilines is 1. The van der Waals surface area contributed by atoms with Gasteiger partial charge in [-0.3, -0.25) is 0 Å². The van der Waals surface area contributed by atoms with E-state index < -0.39 is 0 Å². The first-order chi connectivity index (χ1) is 7.16. The van der Waals surface area contributed by atoms with Gasteiger partial charge in [-0.2, -0.15) is 0 Å². The van der Waals surface area contributed by atoms with Crippen LogP contribution in [0.5, 0.6) is 0 Å². The highest BCUT2D eigenvalue weighted by Gasteiger charge is 2.18. The van der Waals surface area contributed by atoms with Crippen molar-refractivity contribution in [1.29, 1.82) is 0 Å². The van der Waals surface area contributed by atoms with E-state index in [2.05, 4.69) is 51.0 Å². The average Bonchev–Trinajstić information content (AvgIpc) is 2.17. The molecule has 3 nitrogen and oxygen atoms in total. The molecule has 15 heavy (non-hydrogen) atoms. The summed E-state index contributed by atoms with van der Waals surface area (Å²) in [4.78, 5) is 6.84. The minimum absolute atomic E-state index is 0.545. The number of aromatic nitrogens is 1. The standard InChI is InChI=1S/C11H16BrN3/c1-8-5-10(12)6-14-11(8)15-4-3-13-9(2)7-15/h5-6,9,13H,3-4,7H2,1-2H3/t9-/m1/s1. The van der Waals surface area contributed by atoms with Gasteiger partial charge in [-0.1, -0.05) is 0 Å². The predicted octanol–water partition coefficient (Wildman–Crippen LogP) is 1.95. The van der Waals surface area contributed by atoms with Crippen LogP contribution in [0.15, 0.2) is 16.7 Å². The number of hydrogen-bond acceptors (Lipinski definition) is 3. The Kier molecular flexibility index (Phi) is 3.26. The first kappa shape index (κ1) is 10.9. The van der Waals surface area contributed by atoms with Crippen LogP contribution in [0.1, 0.15) is 12.5 Å². The Labute approximate surface area is 99.0 Å². The topological polar surface area (TPSA) is 28.2 Å². The fourth-order valence-corrected chi connectivity index (χ4v) is 2.43. The SMILES string of the molecule is Cc1cc(Br)cnc1N1CCN[C@H](C)C1. The monoisotopic (exact) mass is 269 g/mol. The first-order valence-corrected chi connectivity index (χ1v) is 6.06. The van der Waals surface area contributed by atoms with Gasteiger partial charge in [0.05, 0.1) is 0 Å².